The van der Waals surface area contributed by atoms with Gasteiger partial charge in [-0.1, -0.05) is 84.1 Å². The Morgan fingerprint density at radius 2 is 1.76 bits per heavy atom. The summed E-state index contributed by atoms with van der Waals surface area (Å²) in [6, 6.07) is 27.3. The minimum atomic E-state index is -0.892. The van der Waals surface area contributed by atoms with Gasteiger partial charge in [-0.3, -0.25) is 0 Å². The Balaban J connectivity index is 1.49. The first-order valence-corrected chi connectivity index (χ1v) is 11.2. The molecule has 33 heavy (non-hydrogen) atoms. The Bertz CT molecular complexity index is 1420. The zero-order valence-electron chi connectivity index (χ0n) is 17.4. The molecule has 5 aromatic rings. The van der Waals surface area contributed by atoms with E-state index in [0.29, 0.717) is 17.0 Å². The summed E-state index contributed by atoms with van der Waals surface area (Å²) >= 11 is 0.716. The summed E-state index contributed by atoms with van der Waals surface area (Å²) in [7, 11) is 0. The lowest BCUT2D eigenvalue weighted by Crippen LogP contribution is -2.15. The molecule has 0 saturated carbocycles. The van der Waals surface area contributed by atoms with Crippen LogP contribution in [-0.4, -0.2) is 20.9 Å². The van der Waals surface area contributed by atoms with Gasteiger partial charge in [-0.15, -0.1) is 0 Å². The molecule has 5 nitrogen and oxygen atoms in total. The summed E-state index contributed by atoms with van der Waals surface area (Å²) in [6.07, 6.45) is -0.892. The molecule has 1 atom stereocenters. The third-order valence-corrected chi connectivity index (χ3v) is 6.17. The number of esters is 1. The molecule has 0 aliphatic rings. The summed E-state index contributed by atoms with van der Waals surface area (Å²) in [5.74, 6) is -0.503. The van der Waals surface area contributed by atoms with Crippen LogP contribution in [0.3, 0.4) is 0 Å². The maximum Gasteiger partial charge on any atom is 0.355 e. The van der Waals surface area contributed by atoms with Crippen LogP contribution < -0.4 is 4.74 Å². The fourth-order valence-corrected chi connectivity index (χ4v) is 4.34. The largest absolute Gasteiger partial charge is 0.404 e. The number of nitrogens with zero attached hydrogens (tertiary/aromatic N) is 2. The molecule has 0 bridgehead atoms. The molecule has 5 rings (SSSR count). The van der Waals surface area contributed by atoms with E-state index in [1.807, 2.05) is 72.8 Å². The molecule has 0 fully saturated rings. The number of thiophene rings is 1. The van der Waals surface area contributed by atoms with Crippen LogP contribution in [0.15, 0.2) is 91.0 Å². The van der Waals surface area contributed by atoms with Gasteiger partial charge in [0.1, 0.15) is 4.88 Å². The van der Waals surface area contributed by atoms with Crippen molar-refractivity contribution in [3.8, 4) is 17.1 Å². The molecule has 1 N–H and O–H groups in total. The number of ether oxygens (including phenoxy) is 1. The van der Waals surface area contributed by atoms with Gasteiger partial charge in [-0.05, 0) is 28.5 Å². The Morgan fingerprint density at radius 3 is 2.55 bits per heavy atom. The maximum atomic E-state index is 13.4. The normalized spacial score (nSPS) is 12.1. The second-order valence-electron chi connectivity index (χ2n) is 7.49. The molecule has 0 aliphatic heterocycles. The maximum absolute atomic E-state index is 13.4. The summed E-state index contributed by atoms with van der Waals surface area (Å²) in [5.41, 5.74) is 2.19. The summed E-state index contributed by atoms with van der Waals surface area (Å²) < 4.78 is 20.4. The molecule has 0 radical (unpaired) electrons. The zero-order chi connectivity index (χ0) is 22.8. The lowest BCUT2D eigenvalue weighted by atomic mass is 10.0. The Kier molecular flexibility index (Phi) is 5.73. The molecule has 2 aromatic heterocycles. The number of halogens is 1. The third-order valence-electron chi connectivity index (χ3n) is 5.31. The molecule has 0 aliphatic carbocycles. The number of aliphatic hydroxyl groups is 1. The number of aliphatic hydroxyl groups excluding tert-OH is 1. The van der Waals surface area contributed by atoms with Crippen LogP contribution in [0.5, 0.6) is 5.88 Å². The molecule has 0 saturated heterocycles. The summed E-state index contributed by atoms with van der Waals surface area (Å²) in [6.45, 7) is 0.0717. The zero-order valence-corrected chi connectivity index (χ0v) is 18.2. The highest BCUT2D eigenvalue weighted by atomic mass is 32.1. The predicted molar refractivity (Wildman–Crippen MR) is 126 cm³/mol. The van der Waals surface area contributed by atoms with E-state index in [1.165, 1.54) is 16.8 Å². The first-order chi connectivity index (χ1) is 16.1. The Labute approximate surface area is 193 Å². The van der Waals surface area contributed by atoms with Crippen molar-refractivity contribution in [2.75, 3.05) is 0 Å². The fourth-order valence-electron chi connectivity index (χ4n) is 3.74. The smallest absolute Gasteiger partial charge is 0.355 e. The van der Waals surface area contributed by atoms with Gasteiger partial charge in [0.05, 0.1) is 18.3 Å². The Hall–Kier alpha value is -3.81. The second kappa shape index (κ2) is 8.97. The molecule has 0 amide bonds. The van der Waals surface area contributed by atoms with Crippen LogP contribution in [0.4, 0.5) is 4.39 Å². The van der Waals surface area contributed by atoms with Crippen molar-refractivity contribution in [2.45, 2.75) is 12.6 Å². The lowest BCUT2D eigenvalue weighted by Gasteiger charge is -2.15. The minimum Gasteiger partial charge on any atom is -0.404 e. The quantitative estimate of drug-likeness (QED) is 0.324. The van der Waals surface area contributed by atoms with Crippen molar-refractivity contribution < 1.29 is 19.0 Å². The molecular weight excluding hydrogens is 439 g/mol. The highest BCUT2D eigenvalue weighted by Crippen LogP contribution is 2.29. The standard InChI is InChI=1S/C26H19FN2O3S/c27-24-14-13-23(33-24)26(31)32-25-15-21(18-8-2-1-3-9-18)28-29(25)16-22(30)20-12-6-10-17-7-4-5-11-19(17)20/h1-15,22,30H,16H2. The van der Waals surface area contributed by atoms with Crippen LogP contribution in [0.1, 0.15) is 21.3 Å². The van der Waals surface area contributed by atoms with Gasteiger partial charge in [0, 0.05) is 11.6 Å². The average Bonchev–Trinajstić information content (AvgIpc) is 3.45. The van der Waals surface area contributed by atoms with Gasteiger partial charge in [-0.2, -0.15) is 9.49 Å². The van der Waals surface area contributed by atoms with E-state index in [2.05, 4.69) is 5.10 Å². The predicted octanol–water partition coefficient (Wildman–Crippen LogP) is 5.86. The summed E-state index contributed by atoms with van der Waals surface area (Å²) in [4.78, 5) is 12.7. The number of benzene rings is 3. The molecule has 0 spiro atoms. The van der Waals surface area contributed by atoms with Gasteiger partial charge in [0.15, 0.2) is 5.13 Å². The first kappa shape index (κ1) is 21.1. The van der Waals surface area contributed by atoms with E-state index in [-0.39, 0.29) is 17.3 Å². The highest BCUT2D eigenvalue weighted by Gasteiger charge is 2.20. The van der Waals surface area contributed by atoms with Crippen LogP contribution in [0, 0.1) is 5.13 Å². The highest BCUT2D eigenvalue weighted by molar-refractivity contribution is 7.12. The SMILES string of the molecule is O=C(Oc1cc(-c2ccccc2)nn1CC(O)c1cccc2ccccc12)c1ccc(F)s1. The van der Waals surface area contributed by atoms with Gasteiger partial charge in [-0.25, -0.2) is 9.48 Å². The lowest BCUT2D eigenvalue weighted by molar-refractivity contribution is 0.0711. The van der Waals surface area contributed by atoms with Crippen LogP contribution in [0.25, 0.3) is 22.0 Å². The van der Waals surface area contributed by atoms with Crippen molar-refractivity contribution in [1.29, 1.82) is 0 Å². The van der Waals surface area contributed by atoms with Gasteiger partial charge >= 0.3 is 5.97 Å². The average molecular weight is 459 g/mol. The number of rotatable bonds is 6. The van der Waals surface area contributed by atoms with Crippen LogP contribution in [-0.2, 0) is 6.54 Å². The Morgan fingerprint density at radius 1 is 1.00 bits per heavy atom. The molecule has 7 heteroatoms. The molecular formula is C26H19FN2O3S. The van der Waals surface area contributed by atoms with E-state index in [4.69, 9.17) is 4.74 Å². The van der Waals surface area contributed by atoms with Crippen LogP contribution in [0.2, 0.25) is 0 Å². The fraction of sp³-hybridized carbons (Fsp3) is 0.0769. The number of aromatic nitrogens is 2. The van der Waals surface area contributed by atoms with E-state index in [1.54, 1.807) is 6.07 Å². The topological polar surface area (TPSA) is 64.3 Å². The molecule has 2 heterocycles. The summed E-state index contributed by atoms with van der Waals surface area (Å²) in [5, 5.41) is 17.2. The molecule has 3 aromatic carbocycles. The van der Waals surface area contributed by atoms with E-state index < -0.39 is 17.2 Å². The molecule has 1 unspecified atom stereocenters. The number of hydrogen-bond acceptors (Lipinski definition) is 5. The van der Waals surface area contributed by atoms with Gasteiger partial charge in [0.2, 0.25) is 5.88 Å². The van der Waals surface area contributed by atoms with Gasteiger partial charge < -0.3 is 9.84 Å². The van der Waals surface area contributed by atoms with Crippen molar-refractivity contribution in [3.05, 3.63) is 107 Å². The van der Waals surface area contributed by atoms with Crippen molar-refractivity contribution in [1.82, 2.24) is 9.78 Å². The number of hydrogen-bond donors (Lipinski definition) is 1. The number of carbonyl (C=O) groups excluding carboxylic acids is 1. The molecule has 164 valence electrons. The van der Waals surface area contributed by atoms with Gasteiger partial charge in [0.25, 0.3) is 0 Å². The monoisotopic (exact) mass is 458 g/mol. The van der Waals surface area contributed by atoms with E-state index >= 15 is 0 Å². The van der Waals surface area contributed by atoms with E-state index in [9.17, 15) is 14.3 Å². The third kappa shape index (κ3) is 4.41. The van der Waals surface area contributed by atoms with Crippen LogP contribution >= 0.6 is 11.3 Å². The van der Waals surface area contributed by atoms with Crippen molar-refractivity contribution >= 4 is 28.1 Å². The van der Waals surface area contributed by atoms with Crippen molar-refractivity contribution in [3.63, 3.8) is 0 Å². The number of carbonyl (C=O) groups is 1. The number of fused-ring (bicyclic) bond motifs is 1. The van der Waals surface area contributed by atoms with Crippen molar-refractivity contribution in [2.24, 2.45) is 0 Å². The van der Waals surface area contributed by atoms with E-state index in [0.717, 1.165) is 21.9 Å². The minimum absolute atomic E-state index is 0.0717. The first-order valence-electron chi connectivity index (χ1n) is 10.3. The second-order valence-corrected chi connectivity index (χ2v) is 8.53.